The monoisotopic (exact) mass is 194 g/mol. The lowest BCUT2D eigenvalue weighted by Crippen LogP contribution is -2.29. The third kappa shape index (κ3) is 1.43. The molecule has 0 bridgehead atoms. The molecular weight excluding hydrogens is 184 g/mol. The van der Waals surface area contributed by atoms with E-state index >= 15 is 0 Å². The number of carboxylic acid groups (broad SMARTS) is 1. The minimum Gasteiger partial charge on any atom is -0.500 e. The topological polar surface area (TPSA) is 63.6 Å². The van der Waals surface area contributed by atoms with Gasteiger partial charge in [-0.1, -0.05) is 12.2 Å². The van der Waals surface area contributed by atoms with Crippen molar-refractivity contribution in [3.63, 3.8) is 0 Å². The summed E-state index contributed by atoms with van der Waals surface area (Å²) in [4.78, 5) is 22.2. The van der Waals surface area contributed by atoms with E-state index in [0.29, 0.717) is 6.61 Å². The van der Waals surface area contributed by atoms with Crippen LogP contribution in [-0.2, 0) is 14.3 Å². The molecule has 1 aliphatic heterocycles. The van der Waals surface area contributed by atoms with E-state index in [1.54, 1.807) is 18.4 Å². The lowest BCUT2D eigenvalue weighted by Gasteiger charge is -2.19. The van der Waals surface area contributed by atoms with E-state index in [9.17, 15) is 9.59 Å². The zero-order valence-corrected chi connectivity index (χ0v) is 7.47. The van der Waals surface area contributed by atoms with Crippen LogP contribution in [0, 0.1) is 11.8 Å². The fraction of sp³-hybridized carbons (Fsp3) is 0.400. The summed E-state index contributed by atoms with van der Waals surface area (Å²) < 4.78 is 5.03. The van der Waals surface area contributed by atoms with Gasteiger partial charge in [0, 0.05) is 11.5 Å². The summed E-state index contributed by atoms with van der Waals surface area (Å²) in [6.45, 7) is 0.356. The molecular formula is C10H10O4. The van der Waals surface area contributed by atoms with Crippen LogP contribution >= 0.6 is 0 Å². The molecule has 0 fully saturated rings. The molecule has 0 amide bonds. The predicted molar refractivity (Wildman–Crippen MR) is 47.4 cm³/mol. The van der Waals surface area contributed by atoms with Crippen molar-refractivity contribution in [1.29, 1.82) is 0 Å². The molecule has 2 rings (SSSR count). The van der Waals surface area contributed by atoms with Gasteiger partial charge in [-0.25, -0.2) is 0 Å². The van der Waals surface area contributed by atoms with E-state index in [2.05, 4.69) is 0 Å². The van der Waals surface area contributed by atoms with Gasteiger partial charge in [-0.15, -0.1) is 0 Å². The first-order valence-electron chi connectivity index (χ1n) is 4.44. The quantitative estimate of drug-likeness (QED) is 0.704. The number of carbonyl (C=O) groups is 2. The molecule has 2 atom stereocenters. The first-order valence-corrected chi connectivity index (χ1v) is 4.44. The fourth-order valence-electron chi connectivity index (χ4n) is 1.76. The maximum atomic E-state index is 11.7. The van der Waals surface area contributed by atoms with E-state index in [1.165, 1.54) is 0 Å². The molecule has 0 radical (unpaired) electrons. The van der Waals surface area contributed by atoms with Crippen molar-refractivity contribution in [3.05, 3.63) is 24.0 Å². The summed E-state index contributed by atoms with van der Waals surface area (Å²) in [5, 5.41) is 8.59. The van der Waals surface area contributed by atoms with Crippen molar-refractivity contribution in [2.75, 3.05) is 6.61 Å². The molecule has 0 saturated heterocycles. The molecule has 14 heavy (non-hydrogen) atoms. The van der Waals surface area contributed by atoms with Gasteiger partial charge in [0.2, 0.25) is 0 Å². The van der Waals surface area contributed by atoms with Gasteiger partial charge in [-0.2, -0.15) is 0 Å². The van der Waals surface area contributed by atoms with Gasteiger partial charge in [0.1, 0.15) is 6.61 Å². The SMILES string of the molecule is O=C(O)CC1C=CC2=COCC2C1=O. The summed E-state index contributed by atoms with van der Waals surface area (Å²) in [7, 11) is 0. The number of Topliss-reactive ketones (excluding diaryl/α,β-unsaturated/α-hetero) is 1. The highest BCUT2D eigenvalue weighted by Gasteiger charge is 2.35. The van der Waals surface area contributed by atoms with Crippen LogP contribution < -0.4 is 0 Å². The van der Waals surface area contributed by atoms with E-state index in [-0.39, 0.29) is 18.1 Å². The Balaban J connectivity index is 2.17. The first-order chi connectivity index (χ1) is 6.68. The number of hydrogen-bond donors (Lipinski definition) is 1. The number of fused-ring (bicyclic) bond motifs is 1. The number of ether oxygens (including phenoxy) is 1. The fourth-order valence-corrected chi connectivity index (χ4v) is 1.76. The van der Waals surface area contributed by atoms with Crippen LogP contribution in [0.5, 0.6) is 0 Å². The number of carboxylic acids is 1. The minimum absolute atomic E-state index is 0.0429. The van der Waals surface area contributed by atoms with Crippen LogP contribution in [0.4, 0.5) is 0 Å². The molecule has 74 valence electrons. The Morgan fingerprint density at radius 3 is 3.14 bits per heavy atom. The number of hydrogen-bond acceptors (Lipinski definition) is 3. The number of allylic oxidation sites excluding steroid dienone is 2. The van der Waals surface area contributed by atoms with Crippen LogP contribution in [0.3, 0.4) is 0 Å². The van der Waals surface area contributed by atoms with Crippen molar-refractivity contribution in [1.82, 2.24) is 0 Å². The lowest BCUT2D eigenvalue weighted by molar-refractivity contribution is -0.140. The smallest absolute Gasteiger partial charge is 0.304 e. The second kappa shape index (κ2) is 3.29. The molecule has 4 heteroatoms. The van der Waals surface area contributed by atoms with Crippen molar-refractivity contribution in [3.8, 4) is 0 Å². The zero-order chi connectivity index (χ0) is 10.1. The summed E-state index contributed by atoms with van der Waals surface area (Å²) in [6.07, 6.45) is 4.87. The number of aliphatic carboxylic acids is 1. The standard InChI is InChI=1S/C10H10O4/c11-9(12)3-6-1-2-7-4-14-5-8(7)10(6)13/h1-2,4,6,8H,3,5H2,(H,11,12). The molecule has 4 nitrogen and oxygen atoms in total. The van der Waals surface area contributed by atoms with Crippen molar-refractivity contribution in [2.24, 2.45) is 11.8 Å². The Morgan fingerprint density at radius 2 is 2.43 bits per heavy atom. The van der Waals surface area contributed by atoms with Crippen molar-refractivity contribution < 1.29 is 19.4 Å². The maximum Gasteiger partial charge on any atom is 0.304 e. The molecule has 0 saturated carbocycles. The molecule has 1 N–H and O–H groups in total. The van der Waals surface area contributed by atoms with Crippen LogP contribution in [-0.4, -0.2) is 23.5 Å². The number of rotatable bonds is 2. The average molecular weight is 194 g/mol. The van der Waals surface area contributed by atoms with Gasteiger partial charge in [0.05, 0.1) is 18.6 Å². The van der Waals surface area contributed by atoms with Crippen molar-refractivity contribution in [2.45, 2.75) is 6.42 Å². The van der Waals surface area contributed by atoms with Crippen LogP contribution in [0.25, 0.3) is 0 Å². The molecule has 2 aliphatic rings. The second-order valence-corrected chi connectivity index (χ2v) is 3.47. The minimum atomic E-state index is -0.945. The van der Waals surface area contributed by atoms with E-state index in [0.717, 1.165) is 5.57 Å². The summed E-state index contributed by atoms with van der Waals surface area (Å²) in [5.41, 5.74) is 0.858. The van der Waals surface area contributed by atoms with Crippen LogP contribution in [0.15, 0.2) is 24.0 Å². The zero-order valence-electron chi connectivity index (χ0n) is 7.47. The van der Waals surface area contributed by atoms with Crippen LogP contribution in [0.1, 0.15) is 6.42 Å². The van der Waals surface area contributed by atoms with Gasteiger partial charge in [0.15, 0.2) is 5.78 Å². The van der Waals surface area contributed by atoms with E-state index in [1.807, 2.05) is 0 Å². The summed E-state index contributed by atoms with van der Waals surface area (Å²) in [5.74, 6) is -1.72. The summed E-state index contributed by atoms with van der Waals surface area (Å²) in [6, 6.07) is 0. The summed E-state index contributed by atoms with van der Waals surface area (Å²) >= 11 is 0. The molecule has 2 unspecified atom stereocenters. The first kappa shape index (κ1) is 8.99. The Bertz CT molecular complexity index is 340. The molecule has 0 aromatic rings. The van der Waals surface area contributed by atoms with Gasteiger partial charge in [-0.05, 0) is 0 Å². The molecule has 0 aromatic carbocycles. The molecule has 1 aliphatic carbocycles. The van der Waals surface area contributed by atoms with E-state index < -0.39 is 11.9 Å². The van der Waals surface area contributed by atoms with Gasteiger partial charge in [0.25, 0.3) is 0 Å². The highest BCUT2D eigenvalue weighted by molar-refractivity contribution is 5.92. The van der Waals surface area contributed by atoms with Gasteiger partial charge >= 0.3 is 5.97 Å². The highest BCUT2D eigenvalue weighted by Crippen LogP contribution is 2.30. The Labute approximate surface area is 80.9 Å². The number of carbonyl (C=O) groups excluding carboxylic acids is 1. The Kier molecular flexibility index (Phi) is 2.11. The third-order valence-electron chi connectivity index (χ3n) is 2.51. The second-order valence-electron chi connectivity index (χ2n) is 3.47. The van der Waals surface area contributed by atoms with E-state index in [4.69, 9.17) is 9.84 Å². The Morgan fingerprint density at radius 1 is 1.64 bits per heavy atom. The largest absolute Gasteiger partial charge is 0.500 e. The van der Waals surface area contributed by atoms with Crippen molar-refractivity contribution >= 4 is 11.8 Å². The Hall–Kier alpha value is -1.58. The molecule has 1 heterocycles. The molecule has 0 spiro atoms. The normalized spacial score (nSPS) is 29.4. The number of ketones is 1. The average Bonchev–Trinajstić information content (AvgIpc) is 2.57. The predicted octanol–water partition coefficient (Wildman–Crippen LogP) is 0.747. The maximum absolute atomic E-state index is 11.7. The van der Waals surface area contributed by atoms with Gasteiger partial charge in [-0.3, -0.25) is 9.59 Å². The third-order valence-corrected chi connectivity index (χ3v) is 2.51. The molecule has 0 aromatic heterocycles. The lowest BCUT2D eigenvalue weighted by atomic mass is 9.82. The van der Waals surface area contributed by atoms with Gasteiger partial charge < -0.3 is 9.84 Å². The highest BCUT2D eigenvalue weighted by atomic mass is 16.5. The van der Waals surface area contributed by atoms with Crippen LogP contribution in [0.2, 0.25) is 0 Å².